The molecule has 0 unspecified atom stereocenters. The molecule has 1 heterocycles. The van der Waals surface area contributed by atoms with Crippen molar-refractivity contribution < 1.29 is 19.4 Å². The van der Waals surface area contributed by atoms with E-state index in [0.29, 0.717) is 4.88 Å². The molecule has 1 aromatic heterocycles. The lowest BCUT2D eigenvalue weighted by Gasteiger charge is -2.19. The largest absolute Gasteiger partial charge is 0.478 e. The smallest absolute Gasteiger partial charge is 0.407 e. The number of hydrogen-bond donors (Lipinski definition) is 2. The Morgan fingerprint density at radius 1 is 1.47 bits per heavy atom. The minimum absolute atomic E-state index is 0.161. The average Bonchev–Trinajstić information content (AvgIpc) is 2.59. The van der Waals surface area contributed by atoms with E-state index in [0.717, 1.165) is 0 Å². The molecule has 0 saturated carbocycles. The van der Waals surface area contributed by atoms with E-state index in [1.165, 1.54) is 17.4 Å². The molecule has 17 heavy (non-hydrogen) atoms. The van der Waals surface area contributed by atoms with E-state index in [9.17, 15) is 9.59 Å². The first kappa shape index (κ1) is 13.5. The third-order valence-corrected chi connectivity index (χ3v) is 2.69. The van der Waals surface area contributed by atoms with Gasteiger partial charge in [0.15, 0.2) is 0 Å². The van der Waals surface area contributed by atoms with Crippen molar-refractivity contribution in [2.24, 2.45) is 0 Å². The summed E-state index contributed by atoms with van der Waals surface area (Å²) in [4.78, 5) is 22.8. The minimum Gasteiger partial charge on any atom is -0.478 e. The molecule has 0 aliphatic carbocycles. The maximum atomic E-state index is 11.4. The number of aromatic carboxylic acids is 1. The van der Waals surface area contributed by atoms with Gasteiger partial charge in [-0.05, 0) is 32.2 Å². The Morgan fingerprint density at radius 3 is 2.65 bits per heavy atom. The van der Waals surface area contributed by atoms with Crippen LogP contribution < -0.4 is 5.32 Å². The normalized spacial score (nSPS) is 11.0. The summed E-state index contributed by atoms with van der Waals surface area (Å²) in [5.74, 6) is -0.993. The number of carboxylic acid groups (broad SMARTS) is 1. The van der Waals surface area contributed by atoms with Crippen molar-refractivity contribution in [3.8, 4) is 0 Å². The molecule has 1 aromatic rings. The number of carbonyl (C=O) groups is 2. The van der Waals surface area contributed by atoms with Crippen LogP contribution in [0.25, 0.3) is 0 Å². The summed E-state index contributed by atoms with van der Waals surface area (Å²) in [7, 11) is 0. The number of amides is 1. The number of carbonyl (C=O) groups excluding carboxylic acids is 1. The maximum Gasteiger partial charge on any atom is 0.407 e. The van der Waals surface area contributed by atoms with Gasteiger partial charge in [-0.25, -0.2) is 9.59 Å². The Morgan fingerprint density at radius 2 is 2.12 bits per heavy atom. The number of ether oxygens (including phenoxy) is 1. The molecule has 1 rings (SSSR count). The van der Waals surface area contributed by atoms with Gasteiger partial charge in [0.2, 0.25) is 0 Å². The van der Waals surface area contributed by atoms with Gasteiger partial charge in [0.05, 0.1) is 12.1 Å². The lowest BCUT2D eigenvalue weighted by molar-refractivity contribution is 0.0521. The number of carboxylic acids is 1. The SMILES string of the molecule is CC(C)(C)OC(=O)NCc1sccc1C(=O)O. The fourth-order valence-electron chi connectivity index (χ4n) is 1.13. The zero-order valence-corrected chi connectivity index (χ0v) is 10.8. The minimum atomic E-state index is -0.993. The van der Waals surface area contributed by atoms with Crippen LogP contribution in [0.4, 0.5) is 4.79 Å². The second-order valence-corrected chi connectivity index (χ2v) is 5.42. The Hall–Kier alpha value is -1.56. The van der Waals surface area contributed by atoms with Gasteiger partial charge in [-0.2, -0.15) is 0 Å². The van der Waals surface area contributed by atoms with E-state index in [4.69, 9.17) is 9.84 Å². The monoisotopic (exact) mass is 257 g/mol. The molecule has 94 valence electrons. The summed E-state index contributed by atoms with van der Waals surface area (Å²) in [5, 5.41) is 13.1. The molecule has 0 aromatic carbocycles. The first-order chi connectivity index (χ1) is 7.79. The highest BCUT2D eigenvalue weighted by atomic mass is 32.1. The van der Waals surface area contributed by atoms with Gasteiger partial charge >= 0.3 is 12.1 Å². The number of nitrogens with one attached hydrogen (secondary N) is 1. The summed E-state index contributed by atoms with van der Waals surface area (Å²) in [5.41, 5.74) is -0.346. The molecule has 0 atom stereocenters. The predicted octanol–water partition coefficient (Wildman–Crippen LogP) is 2.47. The summed E-state index contributed by atoms with van der Waals surface area (Å²) in [6.45, 7) is 5.45. The molecule has 6 heteroatoms. The lowest BCUT2D eigenvalue weighted by atomic mass is 10.2. The molecular formula is C11H15NO4S. The standard InChI is InChI=1S/C11H15NO4S/c1-11(2,3)16-10(15)12-6-8-7(9(13)14)4-5-17-8/h4-5H,6H2,1-3H3,(H,12,15)(H,13,14). The second kappa shape index (κ2) is 5.18. The van der Waals surface area contributed by atoms with Crippen LogP contribution in [0.3, 0.4) is 0 Å². The topological polar surface area (TPSA) is 75.6 Å². The molecule has 0 spiro atoms. The first-order valence-electron chi connectivity index (χ1n) is 5.06. The Kier molecular flexibility index (Phi) is 4.11. The van der Waals surface area contributed by atoms with E-state index >= 15 is 0 Å². The van der Waals surface area contributed by atoms with Gasteiger partial charge in [0.1, 0.15) is 5.60 Å². The summed E-state index contributed by atoms with van der Waals surface area (Å²) in [6.07, 6.45) is -0.553. The molecular weight excluding hydrogens is 242 g/mol. The van der Waals surface area contributed by atoms with E-state index in [2.05, 4.69) is 5.32 Å². The van der Waals surface area contributed by atoms with Gasteiger partial charge in [-0.3, -0.25) is 0 Å². The van der Waals surface area contributed by atoms with Crippen LogP contribution in [0.2, 0.25) is 0 Å². The highest BCUT2D eigenvalue weighted by Crippen LogP contribution is 2.16. The number of rotatable bonds is 3. The van der Waals surface area contributed by atoms with Crippen molar-refractivity contribution in [1.82, 2.24) is 5.32 Å². The zero-order chi connectivity index (χ0) is 13.1. The number of alkyl carbamates (subject to hydrolysis) is 1. The van der Waals surface area contributed by atoms with E-state index in [-0.39, 0.29) is 12.1 Å². The molecule has 0 aliphatic heterocycles. The molecule has 0 radical (unpaired) electrons. The molecule has 0 fully saturated rings. The third-order valence-electron chi connectivity index (χ3n) is 1.77. The highest BCUT2D eigenvalue weighted by molar-refractivity contribution is 7.10. The summed E-state index contributed by atoms with van der Waals surface area (Å²) >= 11 is 1.29. The van der Waals surface area contributed by atoms with Gasteiger partial charge in [-0.1, -0.05) is 0 Å². The van der Waals surface area contributed by atoms with Crippen LogP contribution in [0.5, 0.6) is 0 Å². The Balaban J connectivity index is 2.53. The van der Waals surface area contributed by atoms with Crippen molar-refractivity contribution >= 4 is 23.4 Å². The van der Waals surface area contributed by atoms with Crippen molar-refractivity contribution in [3.05, 3.63) is 21.9 Å². The molecule has 0 aliphatic rings. The van der Waals surface area contributed by atoms with Crippen LogP contribution in [0, 0.1) is 0 Å². The van der Waals surface area contributed by atoms with Gasteiger partial charge in [-0.15, -0.1) is 11.3 Å². The van der Waals surface area contributed by atoms with Crippen LogP contribution in [-0.2, 0) is 11.3 Å². The molecule has 5 nitrogen and oxygen atoms in total. The van der Waals surface area contributed by atoms with Crippen LogP contribution in [0.1, 0.15) is 36.0 Å². The van der Waals surface area contributed by atoms with Crippen molar-refractivity contribution in [3.63, 3.8) is 0 Å². The Labute approximate surface area is 103 Å². The second-order valence-electron chi connectivity index (χ2n) is 4.42. The number of thiophene rings is 1. The van der Waals surface area contributed by atoms with E-state index < -0.39 is 17.7 Å². The van der Waals surface area contributed by atoms with Crippen molar-refractivity contribution in [2.75, 3.05) is 0 Å². The number of hydrogen-bond acceptors (Lipinski definition) is 4. The van der Waals surface area contributed by atoms with Crippen LogP contribution in [0.15, 0.2) is 11.4 Å². The molecule has 1 amide bonds. The average molecular weight is 257 g/mol. The summed E-state index contributed by atoms with van der Waals surface area (Å²) in [6, 6.07) is 1.51. The summed E-state index contributed by atoms with van der Waals surface area (Å²) < 4.78 is 5.04. The van der Waals surface area contributed by atoms with Gasteiger partial charge in [0.25, 0.3) is 0 Å². The molecule has 0 saturated heterocycles. The van der Waals surface area contributed by atoms with Crippen LogP contribution in [-0.4, -0.2) is 22.8 Å². The van der Waals surface area contributed by atoms with Gasteiger partial charge in [0, 0.05) is 4.88 Å². The third kappa shape index (κ3) is 4.44. The Bertz CT molecular complexity index is 419. The molecule has 0 bridgehead atoms. The van der Waals surface area contributed by atoms with Gasteiger partial charge < -0.3 is 15.2 Å². The van der Waals surface area contributed by atoms with Crippen molar-refractivity contribution in [1.29, 1.82) is 0 Å². The zero-order valence-electron chi connectivity index (χ0n) is 9.94. The fraction of sp³-hybridized carbons (Fsp3) is 0.455. The van der Waals surface area contributed by atoms with E-state index in [1.54, 1.807) is 26.2 Å². The predicted molar refractivity (Wildman–Crippen MR) is 64.4 cm³/mol. The fourth-order valence-corrected chi connectivity index (χ4v) is 1.94. The van der Waals surface area contributed by atoms with E-state index in [1.807, 2.05) is 0 Å². The first-order valence-corrected chi connectivity index (χ1v) is 5.94. The quantitative estimate of drug-likeness (QED) is 0.872. The molecule has 2 N–H and O–H groups in total. The highest BCUT2D eigenvalue weighted by Gasteiger charge is 2.17. The van der Waals surface area contributed by atoms with Crippen molar-refractivity contribution in [2.45, 2.75) is 32.9 Å². The maximum absolute atomic E-state index is 11.4. The van der Waals surface area contributed by atoms with Crippen LogP contribution >= 0.6 is 11.3 Å². The lowest BCUT2D eigenvalue weighted by Crippen LogP contribution is -2.32.